The van der Waals surface area contributed by atoms with Gasteiger partial charge >= 0.3 is 23.1 Å². The van der Waals surface area contributed by atoms with E-state index in [0.29, 0.717) is 21.3 Å². The van der Waals surface area contributed by atoms with E-state index >= 15 is 0 Å². The molecule has 2 bridgehead atoms. The summed E-state index contributed by atoms with van der Waals surface area (Å²) in [4.78, 5) is 25.1. The third-order valence-electron chi connectivity index (χ3n) is 6.38. The van der Waals surface area contributed by atoms with Crippen LogP contribution in [0.3, 0.4) is 0 Å². The van der Waals surface area contributed by atoms with Crippen LogP contribution in [0.25, 0.3) is 0 Å². The number of carbonyl (C=O) groups is 2. The molecule has 2 fully saturated rings. The molecule has 2 aliphatic carbocycles. The van der Waals surface area contributed by atoms with Crippen molar-refractivity contribution in [2.24, 2.45) is 17.8 Å². The Kier molecular flexibility index (Phi) is 6.58. The smallest absolute Gasteiger partial charge is 0.396 e. The molecule has 1 spiro atoms. The van der Waals surface area contributed by atoms with Crippen LogP contribution in [0.15, 0.2) is 12.1 Å². The lowest BCUT2D eigenvalue weighted by molar-refractivity contribution is -0.194. The van der Waals surface area contributed by atoms with Crippen molar-refractivity contribution in [2.75, 3.05) is 6.61 Å². The molecule has 0 saturated heterocycles. The molecule has 0 radical (unpaired) electrons. The minimum Gasteiger partial charge on any atom is -0.743 e. The Bertz CT molecular complexity index is 1160. The zero-order valence-corrected chi connectivity index (χ0v) is 22.0. The molecule has 188 valence electrons. The Hall–Kier alpha value is -0.950. The zero-order valence-electron chi connectivity index (χ0n) is 16.9. The Balaban J connectivity index is 1.38. The first-order valence-corrected chi connectivity index (χ1v) is 13.4. The second kappa shape index (κ2) is 8.57. The molecule has 1 heterocycles. The number of alkyl halides is 4. The predicted octanol–water partition coefficient (Wildman–Crippen LogP) is 3.89. The average molecular weight is 733 g/mol. The van der Waals surface area contributed by atoms with Crippen LogP contribution in [0.1, 0.15) is 36.0 Å². The first-order valence-electron chi connectivity index (χ1n) is 9.88. The number of rotatable bonds is 6. The summed E-state index contributed by atoms with van der Waals surface area (Å²) in [7, 11) is -6.61. The second-order valence-corrected chi connectivity index (χ2v) is 12.0. The summed E-state index contributed by atoms with van der Waals surface area (Å²) < 4.78 is 103. The molecule has 3 aliphatic rings. The minimum atomic E-state index is -6.61. The normalized spacial score (nSPS) is 28.4. The van der Waals surface area contributed by atoms with Crippen molar-refractivity contribution in [1.29, 1.82) is 0 Å². The molecule has 0 amide bonds. The van der Waals surface area contributed by atoms with Gasteiger partial charge in [-0.15, -0.1) is 0 Å². The van der Waals surface area contributed by atoms with E-state index in [1.807, 2.05) is 22.6 Å². The Morgan fingerprint density at radius 2 is 1.88 bits per heavy atom. The summed E-state index contributed by atoms with van der Waals surface area (Å²) in [6, 6.07) is 3.45. The van der Waals surface area contributed by atoms with Gasteiger partial charge in [0.05, 0.1) is 18.9 Å². The SMILES string of the molecule is O=C1OC2(CC3CC2CC3C(=O)OCCC(F)(F)C(F)(F)S(=O)(=O)[O-])Oc2ccc(I)c(I)c21. The molecule has 4 atom stereocenters. The van der Waals surface area contributed by atoms with Crippen LogP contribution in [-0.4, -0.2) is 48.5 Å². The largest absolute Gasteiger partial charge is 0.743 e. The van der Waals surface area contributed by atoms with Crippen molar-refractivity contribution in [2.45, 2.75) is 42.6 Å². The van der Waals surface area contributed by atoms with Gasteiger partial charge in [-0.25, -0.2) is 13.2 Å². The maximum atomic E-state index is 13.5. The van der Waals surface area contributed by atoms with Gasteiger partial charge < -0.3 is 18.8 Å². The lowest BCUT2D eigenvalue weighted by Gasteiger charge is -2.41. The van der Waals surface area contributed by atoms with Crippen molar-refractivity contribution in [3.05, 3.63) is 24.8 Å². The van der Waals surface area contributed by atoms with Crippen molar-refractivity contribution in [3.8, 4) is 5.75 Å². The Morgan fingerprint density at radius 3 is 2.47 bits per heavy atom. The molecule has 1 aromatic carbocycles. The van der Waals surface area contributed by atoms with Crippen molar-refractivity contribution < 1.29 is 54.3 Å². The molecule has 34 heavy (non-hydrogen) atoms. The highest BCUT2D eigenvalue weighted by Gasteiger charge is 2.64. The van der Waals surface area contributed by atoms with Crippen LogP contribution in [0.4, 0.5) is 17.6 Å². The molecule has 4 rings (SSSR count). The summed E-state index contributed by atoms with van der Waals surface area (Å²) >= 11 is 4.09. The lowest BCUT2D eigenvalue weighted by atomic mass is 9.84. The molecule has 4 unspecified atom stereocenters. The van der Waals surface area contributed by atoms with Crippen LogP contribution in [-0.2, 0) is 24.4 Å². The summed E-state index contributed by atoms with van der Waals surface area (Å²) in [5.41, 5.74) is 0.315. The van der Waals surface area contributed by atoms with Gasteiger partial charge in [0.1, 0.15) is 11.3 Å². The van der Waals surface area contributed by atoms with Crippen molar-refractivity contribution in [1.82, 2.24) is 0 Å². The molecule has 0 N–H and O–H groups in total. The minimum absolute atomic E-state index is 0.161. The van der Waals surface area contributed by atoms with Crippen LogP contribution < -0.4 is 4.74 Å². The molecule has 0 aromatic heterocycles. The maximum Gasteiger partial charge on any atom is 0.396 e. The van der Waals surface area contributed by atoms with E-state index in [2.05, 4.69) is 22.6 Å². The van der Waals surface area contributed by atoms with E-state index in [1.165, 1.54) is 0 Å². The molecule has 1 aliphatic heterocycles. The highest BCUT2D eigenvalue weighted by molar-refractivity contribution is 14.1. The van der Waals surface area contributed by atoms with E-state index in [9.17, 15) is 40.1 Å². The van der Waals surface area contributed by atoms with E-state index in [4.69, 9.17) is 14.2 Å². The van der Waals surface area contributed by atoms with Gasteiger partial charge in [0.25, 0.3) is 5.79 Å². The molecule has 15 heteroatoms. The van der Waals surface area contributed by atoms with Gasteiger partial charge in [-0.2, -0.15) is 17.6 Å². The number of hydrogen-bond acceptors (Lipinski definition) is 8. The van der Waals surface area contributed by atoms with Crippen LogP contribution in [0.2, 0.25) is 0 Å². The van der Waals surface area contributed by atoms with Crippen LogP contribution in [0.5, 0.6) is 5.75 Å². The number of esters is 2. The third-order valence-corrected chi connectivity index (χ3v) is 10.4. The van der Waals surface area contributed by atoms with Crippen molar-refractivity contribution in [3.63, 3.8) is 0 Å². The van der Waals surface area contributed by atoms with Gasteiger partial charge in [-0.1, -0.05) is 0 Å². The van der Waals surface area contributed by atoms with Crippen molar-refractivity contribution >= 4 is 67.2 Å². The third kappa shape index (κ3) is 4.16. The standard InChI is InChI=1S/C19H16F4I2O8S/c20-18(21,19(22,23)34(28,29)30)3-4-31-15(26)10-6-9-5-8(10)7-17(9)32-12-2-1-11(24)14(25)13(12)16(27)33-17/h1-2,8-10H,3-7H2,(H,28,29,30)/p-1. The first-order chi connectivity index (χ1) is 15.6. The predicted molar refractivity (Wildman–Crippen MR) is 120 cm³/mol. The number of halogens is 6. The van der Waals surface area contributed by atoms with Gasteiger partial charge in [0.2, 0.25) is 0 Å². The molecular weight excluding hydrogens is 718 g/mol. The number of benzene rings is 1. The Labute approximate surface area is 218 Å². The summed E-state index contributed by atoms with van der Waals surface area (Å²) in [6.07, 6.45) is -1.08. The number of fused-ring (bicyclic) bond motifs is 4. The number of carbonyl (C=O) groups excluding carboxylic acids is 2. The van der Waals surface area contributed by atoms with Gasteiger partial charge in [-0.05, 0) is 76.1 Å². The van der Waals surface area contributed by atoms with Crippen LogP contribution in [0, 0.1) is 24.9 Å². The van der Waals surface area contributed by atoms with Gasteiger partial charge in [-0.3, -0.25) is 4.79 Å². The summed E-state index contributed by atoms with van der Waals surface area (Å²) in [5.74, 6) is -9.07. The Morgan fingerprint density at radius 1 is 1.21 bits per heavy atom. The maximum absolute atomic E-state index is 13.5. The molecule has 8 nitrogen and oxygen atoms in total. The fourth-order valence-electron chi connectivity index (χ4n) is 4.72. The van der Waals surface area contributed by atoms with E-state index in [1.54, 1.807) is 12.1 Å². The van der Waals surface area contributed by atoms with Gasteiger partial charge in [0.15, 0.2) is 10.1 Å². The van der Waals surface area contributed by atoms with E-state index in [-0.39, 0.29) is 24.7 Å². The first kappa shape index (κ1) is 26.1. The van der Waals surface area contributed by atoms with Gasteiger partial charge in [0, 0.05) is 19.5 Å². The monoisotopic (exact) mass is 733 g/mol. The average Bonchev–Trinajstić information content (AvgIpc) is 3.27. The van der Waals surface area contributed by atoms with E-state index < -0.39 is 58.0 Å². The van der Waals surface area contributed by atoms with E-state index in [0.717, 1.165) is 3.57 Å². The number of ether oxygens (including phenoxy) is 3. The molecule has 2 saturated carbocycles. The van der Waals surface area contributed by atoms with Crippen LogP contribution >= 0.6 is 45.2 Å². The number of hydrogen-bond donors (Lipinski definition) is 0. The zero-order chi connectivity index (χ0) is 25.3. The lowest BCUT2D eigenvalue weighted by Crippen LogP contribution is -2.50. The highest BCUT2D eigenvalue weighted by Crippen LogP contribution is 2.58. The second-order valence-electron chi connectivity index (χ2n) is 8.37. The fraction of sp³-hybridized carbons (Fsp3) is 0.579. The summed E-state index contributed by atoms with van der Waals surface area (Å²) in [5, 5.41) is -5.83. The molecule has 1 aromatic rings. The topological polar surface area (TPSA) is 119 Å². The summed E-state index contributed by atoms with van der Waals surface area (Å²) in [6.45, 7) is -1.20. The highest BCUT2D eigenvalue weighted by atomic mass is 127. The fourth-order valence-corrected chi connectivity index (χ4v) is 6.30. The quantitative estimate of drug-likeness (QED) is 0.187. The molecular formula is C19H15F4I2O8S-.